The molecule has 1 aromatic heterocycles. The smallest absolute Gasteiger partial charge is 0.131 e. The fourth-order valence-corrected chi connectivity index (χ4v) is 3.11. The fraction of sp³-hybridized carbons (Fsp3) is 0.786. The first kappa shape index (κ1) is 13.9. The summed E-state index contributed by atoms with van der Waals surface area (Å²) in [6.07, 6.45) is 8.45. The van der Waals surface area contributed by atoms with Crippen molar-refractivity contribution in [2.75, 3.05) is 6.54 Å². The van der Waals surface area contributed by atoms with Crippen LogP contribution >= 0.6 is 11.6 Å². The van der Waals surface area contributed by atoms with Gasteiger partial charge < -0.3 is 5.32 Å². The van der Waals surface area contributed by atoms with Gasteiger partial charge in [0.1, 0.15) is 5.15 Å². The van der Waals surface area contributed by atoms with E-state index in [1.165, 1.54) is 38.5 Å². The van der Waals surface area contributed by atoms with Gasteiger partial charge in [0, 0.05) is 19.2 Å². The maximum Gasteiger partial charge on any atom is 0.131 e. The monoisotopic (exact) mass is 269 g/mol. The zero-order valence-corrected chi connectivity index (χ0v) is 12.3. The lowest BCUT2D eigenvalue weighted by Crippen LogP contribution is -2.19. The molecule has 1 N–H and O–H groups in total. The summed E-state index contributed by atoms with van der Waals surface area (Å²) < 4.78 is 1.75. The second-order valence-electron chi connectivity index (χ2n) is 5.45. The van der Waals surface area contributed by atoms with Gasteiger partial charge in [0.2, 0.25) is 0 Å². The van der Waals surface area contributed by atoms with E-state index in [1.54, 1.807) is 4.68 Å². The second-order valence-corrected chi connectivity index (χ2v) is 5.81. The van der Waals surface area contributed by atoms with Gasteiger partial charge in [-0.3, -0.25) is 4.68 Å². The summed E-state index contributed by atoms with van der Waals surface area (Å²) in [6, 6.07) is 0. The summed E-state index contributed by atoms with van der Waals surface area (Å²) in [7, 11) is 1.89. The van der Waals surface area contributed by atoms with Gasteiger partial charge in [-0.15, -0.1) is 0 Å². The number of nitrogens with one attached hydrogen (secondary N) is 1. The molecule has 18 heavy (non-hydrogen) atoms. The quantitative estimate of drug-likeness (QED) is 0.830. The van der Waals surface area contributed by atoms with E-state index in [4.69, 9.17) is 11.6 Å². The summed E-state index contributed by atoms with van der Waals surface area (Å²) in [5, 5.41) is 8.59. The highest BCUT2D eigenvalue weighted by Gasteiger charge is 2.13. The Kier molecular flexibility index (Phi) is 5.07. The van der Waals surface area contributed by atoms with Crippen LogP contribution in [0.3, 0.4) is 0 Å². The number of hydrogen-bond acceptors (Lipinski definition) is 2. The number of hydrogen-bond donors (Lipinski definition) is 1. The van der Waals surface area contributed by atoms with Crippen LogP contribution in [0.4, 0.5) is 0 Å². The predicted molar refractivity (Wildman–Crippen MR) is 75.9 cm³/mol. The molecule has 4 heteroatoms. The zero-order chi connectivity index (χ0) is 13.0. The van der Waals surface area contributed by atoms with Gasteiger partial charge in [-0.1, -0.05) is 43.7 Å². The van der Waals surface area contributed by atoms with Crippen LogP contribution < -0.4 is 5.32 Å². The highest BCUT2D eigenvalue weighted by Crippen LogP contribution is 2.25. The minimum atomic E-state index is 0.762. The summed E-state index contributed by atoms with van der Waals surface area (Å²) in [5.41, 5.74) is 2.18. The zero-order valence-electron chi connectivity index (χ0n) is 11.5. The third kappa shape index (κ3) is 3.48. The van der Waals surface area contributed by atoms with Gasteiger partial charge in [-0.25, -0.2) is 0 Å². The molecular weight excluding hydrogens is 246 g/mol. The van der Waals surface area contributed by atoms with E-state index in [0.717, 1.165) is 35.4 Å². The Morgan fingerprint density at radius 1 is 1.33 bits per heavy atom. The van der Waals surface area contributed by atoms with Gasteiger partial charge >= 0.3 is 0 Å². The molecule has 0 aliphatic heterocycles. The van der Waals surface area contributed by atoms with Crippen molar-refractivity contribution in [2.24, 2.45) is 13.0 Å². The van der Waals surface area contributed by atoms with Crippen LogP contribution in [0, 0.1) is 12.8 Å². The van der Waals surface area contributed by atoms with Crippen LogP contribution in [0.5, 0.6) is 0 Å². The van der Waals surface area contributed by atoms with Crippen LogP contribution in [0.2, 0.25) is 5.15 Å². The van der Waals surface area contributed by atoms with Crippen LogP contribution in [0.15, 0.2) is 0 Å². The molecule has 1 aromatic rings. The molecule has 3 nitrogen and oxygen atoms in total. The molecule has 0 bridgehead atoms. The fourth-order valence-electron chi connectivity index (χ4n) is 2.87. The van der Waals surface area contributed by atoms with Crippen molar-refractivity contribution in [1.29, 1.82) is 0 Å². The van der Waals surface area contributed by atoms with E-state index < -0.39 is 0 Å². The molecule has 0 aromatic carbocycles. The molecule has 0 saturated heterocycles. The van der Waals surface area contributed by atoms with Crippen molar-refractivity contribution >= 4 is 11.6 Å². The third-order valence-corrected chi connectivity index (χ3v) is 4.50. The Balaban J connectivity index is 1.71. The van der Waals surface area contributed by atoms with E-state index in [2.05, 4.69) is 10.4 Å². The van der Waals surface area contributed by atoms with Crippen molar-refractivity contribution in [2.45, 2.75) is 52.0 Å². The lowest BCUT2D eigenvalue weighted by molar-refractivity contribution is 0.334. The highest BCUT2D eigenvalue weighted by atomic mass is 35.5. The lowest BCUT2D eigenvalue weighted by Gasteiger charge is -2.21. The number of nitrogens with zero attached hydrogens (tertiary/aromatic N) is 2. The van der Waals surface area contributed by atoms with Crippen LogP contribution in [-0.2, 0) is 13.6 Å². The summed E-state index contributed by atoms with van der Waals surface area (Å²) >= 11 is 6.20. The van der Waals surface area contributed by atoms with E-state index >= 15 is 0 Å². The molecule has 0 unspecified atom stereocenters. The molecule has 0 spiro atoms. The molecule has 102 valence electrons. The van der Waals surface area contributed by atoms with Crippen molar-refractivity contribution in [3.8, 4) is 0 Å². The number of halogens is 1. The molecule has 1 fully saturated rings. The summed E-state index contributed by atoms with van der Waals surface area (Å²) in [4.78, 5) is 0. The van der Waals surface area contributed by atoms with Gasteiger partial charge in [0.05, 0.1) is 5.69 Å². The largest absolute Gasteiger partial charge is 0.312 e. The van der Waals surface area contributed by atoms with Gasteiger partial charge in [0.15, 0.2) is 0 Å². The topological polar surface area (TPSA) is 29.9 Å². The molecule has 0 amide bonds. The van der Waals surface area contributed by atoms with E-state index in [1.807, 2.05) is 14.0 Å². The van der Waals surface area contributed by atoms with E-state index in [-0.39, 0.29) is 0 Å². The van der Waals surface area contributed by atoms with Crippen molar-refractivity contribution < 1.29 is 0 Å². The summed E-state index contributed by atoms with van der Waals surface area (Å²) in [6.45, 7) is 3.95. The van der Waals surface area contributed by atoms with Crippen molar-refractivity contribution in [3.63, 3.8) is 0 Å². The Morgan fingerprint density at radius 3 is 2.67 bits per heavy atom. The van der Waals surface area contributed by atoms with Gasteiger partial charge in [-0.2, -0.15) is 5.10 Å². The van der Waals surface area contributed by atoms with Crippen LogP contribution in [0.1, 0.15) is 49.8 Å². The van der Waals surface area contributed by atoms with Crippen molar-refractivity contribution in [1.82, 2.24) is 15.1 Å². The lowest BCUT2D eigenvalue weighted by atomic mass is 9.87. The predicted octanol–water partition coefficient (Wildman–Crippen LogP) is 3.44. The van der Waals surface area contributed by atoms with Crippen LogP contribution in [-0.4, -0.2) is 16.3 Å². The molecule has 2 rings (SSSR count). The number of rotatable bonds is 5. The average Bonchev–Trinajstić information content (AvgIpc) is 2.61. The Hall–Kier alpha value is -0.540. The van der Waals surface area contributed by atoms with Crippen molar-refractivity contribution in [3.05, 3.63) is 16.4 Å². The third-order valence-electron chi connectivity index (χ3n) is 4.03. The maximum atomic E-state index is 6.20. The van der Waals surface area contributed by atoms with Crippen LogP contribution in [0.25, 0.3) is 0 Å². The van der Waals surface area contributed by atoms with E-state index in [9.17, 15) is 0 Å². The van der Waals surface area contributed by atoms with Gasteiger partial charge in [-0.05, 0) is 25.8 Å². The number of aromatic nitrogens is 2. The molecule has 1 aliphatic carbocycles. The molecule has 1 saturated carbocycles. The second kappa shape index (κ2) is 6.58. The normalized spacial score (nSPS) is 17.3. The standard InChI is InChI=1S/C14H24ClN3/c1-11-13(14(15)18(2)17-11)10-16-9-8-12-6-4-3-5-7-12/h12,16H,3-10H2,1-2H3. The molecule has 0 atom stereocenters. The SMILES string of the molecule is Cc1nn(C)c(Cl)c1CNCCC1CCCCC1. The number of aryl methyl sites for hydroxylation is 2. The minimum Gasteiger partial charge on any atom is -0.312 e. The molecular formula is C14H24ClN3. The maximum absolute atomic E-state index is 6.20. The highest BCUT2D eigenvalue weighted by molar-refractivity contribution is 6.30. The van der Waals surface area contributed by atoms with Gasteiger partial charge in [0.25, 0.3) is 0 Å². The Bertz CT molecular complexity index is 381. The average molecular weight is 270 g/mol. The first-order chi connectivity index (χ1) is 8.68. The minimum absolute atomic E-state index is 0.762. The summed E-state index contributed by atoms with van der Waals surface area (Å²) in [5.74, 6) is 0.941. The molecule has 1 heterocycles. The first-order valence-corrected chi connectivity index (χ1v) is 7.45. The Labute approximate surface area is 115 Å². The van der Waals surface area contributed by atoms with E-state index in [0.29, 0.717) is 0 Å². The Morgan fingerprint density at radius 2 is 2.06 bits per heavy atom. The molecule has 0 radical (unpaired) electrons. The molecule has 1 aliphatic rings. The first-order valence-electron chi connectivity index (χ1n) is 7.07.